The number of nitrogens with zero attached hydrogens (tertiary/aromatic N) is 2. The molecule has 5 heteroatoms. The Morgan fingerprint density at radius 3 is 2.20 bits per heavy atom. The van der Waals surface area contributed by atoms with Crippen LogP contribution in [0.15, 0.2) is 0 Å². The van der Waals surface area contributed by atoms with Crippen LogP contribution in [-0.2, 0) is 9.59 Å². The van der Waals surface area contributed by atoms with E-state index in [2.05, 4.69) is 4.90 Å². The average molecular weight is 280 g/mol. The van der Waals surface area contributed by atoms with E-state index in [0.717, 1.165) is 25.9 Å². The Morgan fingerprint density at radius 1 is 1.00 bits per heavy atom. The van der Waals surface area contributed by atoms with E-state index in [1.807, 2.05) is 4.90 Å². The molecule has 20 heavy (non-hydrogen) atoms. The lowest BCUT2D eigenvalue weighted by atomic mass is 9.96. The summed E-state index contributed by atoms with van der Waals surface area (Å²) in [4.78, 5) is 27.4. The van der Waals surface area contributed by atoms with Gasteiger partial charge >= 0.3 is 5.97 Å². The van der Waals surface area contributed by atoms with Gasteiger partial charge in [-0.15, -0.1) is 0 Å². The third-order valence-electron chi connectivity index (χ3n) is 5.07. The van der Waals surface area contributed by atoms with Crippen LogP contribution in [-0.4, -0.2) is 59.5 Å². The largest absolute Gasteiger partial charge is 0.481 e. The second-order valence-electron chi connectivity index (χ2n) is 6.56. The van der Waals surface area contributed by atoms with Crippen molar-refractivity contribution in [3.05, 3.63) is 0 Å². The summed E-state index contributed by atoms with van der Waals surface area (Å²) in [6, 6.07) is 0. The maximum Gasteiger partial charge on any atom is 0.307 e. The third-order valence-corrected chi connectivity index (χ3v) is 5.07. The highest BCUT2D eigenvalue weighted by Crippen LogP contribution is 2.40. The summed E-state index contributed by atoms with van der Waals surface area (Å²) >= 11 is 0. The van der Waals surface area contributed by atoms with E-state index < -0.39 is 11.9 Å². The van der Waals surface area contributed by atoms with E-state index in [9.17, 15) is 9.59 Å². The number of hydrogen-bond donors (Lipinski definition) is 1. The van der Waals surface area contributed by atoms with Crippen molar-refractivity contribution in [2.45, 2.75) is 32.1 Å². The Morgan fingerprint density at radius 2 is 1.65 bits per heavy atom. The van der Waals surface area contributed by atoms with Crippen molar-refractivity contribution in [1.82, 2.24) is 9.80 Å². The Balaban J connectivity index is 1.42. The van der Waals surface area contributed by atoms with Gasteiger partial charge in [-0.2, -0.15) is 0 Å². The summed E-state index contributed by atoms with van der Waals surface area (Å²) in [6.07, 6.45) is 5.35. The summed E-state index contributed by atoms with van der Waals surface area (Å²) in [7, 11) is 0. The third kappa shape index (κ3) is 2.97. The minimum Gasteiger partial charge on any atom is -0.481 e. The van der Waals surface area contributed by atoms with E-state index in [1.165, 1.54) is 32.5 Å². The van der Waals surface area contributed by atoms with Crippen LogP contribution in [0.4, 0.5) is 0 Å². The number of hydrogen-bond acceptors (Lipinski definition) is 3. The molecule has 2 aliphatic heterocycles. The van der Waals surface area contributed by atoms with E-state index in [0.29, 0.717) is 12.3 Å². The van der Waals surface area contributed by atoms with Crippen molar-refractivity contribution in [3.63, 3.8) is 0 Å². The van der Waals surface area contributed by atoms with Gasteiger partial charge in [0, 0.05) is 19.6 Å². The van der Waals surface area contributed by atoms with Gasteiger partial charge < -0.3 is 14.9 Å². The van der Waals surface area contributed by atoms with Crippen LogP contribution in [0, 0.1) is 17.8 Å². The first-order chi connectivity index (χ1) is 9.65. The lowest BCUT2D eigenvalue weighted by Gasteiger charge is -2.34. The van der Waals surface area contributed by atoms with Crippen LogP contribution < -0.4 is 0 Å². The molecule has 1 saturated carbocycles. The predicted molar refractivity (Wildman–Crippen MR) is 74.2 cm³/mol. The van der Waals surface area contributed by atoms with E-state index in [4.69, 9.17) is 5.11 Å². The van der Waals surface area contributed by atoms with Gasteiger partial charge in [0.05, 0.1) is 11.8 Å². The van der Waals surface area contributed by atoms with E-state index in [-0.39, 0.29) is 11.8 Å². The molecular formula is C15H24N2O3. The molecule has 2 heterocycles. The minimum atomic E-state index is -0.813. The van der Waals surface area contributed by atoms with Crippen LogP contribution in [0.25, 0.3) is 0 Å². The molecule has 3 aliphatic rings. The fourth-order valence-corrected chi connectivity index (χ4v) is 3.64. The first kappa shape index (κ1) is 13.9. The normalized spacial score (nSPS) is 31.5. The Kier molecular flexibility index (Phi) is 3.96. The maximum atomic E-state index is 12.2. The minimum absolute atomic E-state index is 0.0806. The van der Waals surface area contributed by atoms with Crippen molar-refractivity contribution in [2.24, 2.45) is 17.8 Å². The molecule has 3 fully saturated rings. The van der Waals surface area contributed by atoms with Gasteiger partial charge in [0.25, 0.3) is 0 Å². The summed E-state index contributed by atoms with van der Waals surface area (Å²) < 4.78 is 0. The molecule has 1 aliphatic carbocycles. The second kappa shape index (κ2) is 5.72. The molecule has 0 spiro atoms. The number of likely N-dealkylation sites (tertiary alicyclic amines) is 2. The number of rotatable bonds is 4. The highest BCUT2D eigenvalue weighted by Gasteiger charge is 2.50. The van der Waals surface area contributed by atoms with Gasteiger partial charge in [-0.1, -0.05) is 0 Å². The van der Waals surface area contributed by atoms with E-state index >= 15 is 0 Å². The van der Waals surface area contributed by atoms with Gasteiger partial charge in [-0.05, 0) is 51.1 Å². The van der Waals surface area contributed by atoms with E-state index in [1.54, 1.807) is 0 Å². The number of carbonyl (C=O) groups excluding carboxylic acids is 1. The topological polar surface area (TPSA) is 60.9 Å². The van der Waals surface area contributed by atoms with Gasteiger partial charge in [0.2, 0.25) is 5.91 Å². The van der Waals surface area contributed by atoms with Crippen LogP contribution in [0.5, 0.6) is 0 Å². The fourth-order valence-electron chi connectivity index (χ4n) is 3.64. The first-order valence-electron chi connectivity index (χ1n) is 7.89. The van der Waals surface area contributed by atoms with Crippen LogP contribution >= 0.6 is 0 Å². The van der Waals surface area contributed by atoms with Crippen molar-refractivity contribution in [2.75, 3.05) is 32.7 Å². The van der Waals surface area contributed by atoms with Crippen LogP contribution in [0.3, 0.4) is 0 Å². The fraction of sp³-hybridized carbons (Fsp3) is 0.867. The number of carboxylic acid groups (broad SMARTS) is 1. The van der Waals surface area contributed by atoms with Gasteiger partial charge in [0.1, 0.15) is 0 Å². The molecule has 0 radical (unpaired) electrons. The molecule has 2 saturated heterocycles. The molecular weight excluding hydrogens is 256 g/mol. The number of aliphatic carboxylic acids is 1. The standard InChI is InChI=1S/C15H24N2O3/c18-14(12-9-13(12)15(19)20)17-7-3-11(4-8-17)10-16-5-1-2-6-16/h11-13H,1-10H2,(H,19,20)/t12-,13+/m1/s1. The highest BCUT2D eigenvalue weighted by atomic mass is 16.4. The molecule has 0 bridgehead atoms. The summed E-state index contributed by atoms with van der Waals surface area (Å²) in [5.74, 6) is -0.664. The lowest BCUT2D eigenvalue weighted by Crippen LogP contribution is -2.42. The zero-order valence-corrected chi connectivity index (χ0v) is 12.0. The van der Waals surface area contributed by atoms with Crippen molar-refractivity contribution >= 4 is 11.9 Å². The maximum absolute atomic E-state index is 12.2. The summed E-state index contributed by atoms with van der Waals surface area (Å²) in [6.45, 7) is 5.30. The van der Waals surface area contributed by atoms with Crippen molar-refractivity contribution in [3.8, 4) is 0 Å². The first-order valence-corrected chi connectivity index (χ1v) is 7.89. The van der Waals surface area contributed by atoms with Crippen LogP contribution in [0.1, 0.15) is 32.1 Å². The number of carbonyl (C=O) groups is 2. The van der Waals surface area contributed by atoms with Gasteiger partial charge in [0.15, 0.2) is 0 Å². The molecule has 1 amide bonds. The number of piperidine rings is 1. The molecule has 0 aromatic heterocycles. The average Bonchev–Trinajstić information content (AvgIpc) is 3.10. The quantitative estimate of drug-likeness (QED) is 0.836. The second-order valence-corrected chi connectivity index (χ2v) is 6.56. The molecule has 2 atom stereocenters. The Bertz CT molecular complexity index is 385. The summed E-state index contributed by atoms with van der Waals surface area (Å²) in [5, 5.41) is 8.90. The SMILES string of the molecule is O=C(O)[C@H]1C[C@H]1C(=O)N1CCC(CN2CCCC2)CC1. The van der Waals surface area contributed by atoms with Gasteiger partial charge in [-0.25, -0.2) is 0 Å². The zero-order valence-electron chi connectivity index (χ0n) is 12.0. The molecule has 112 valence electrons. The molecule has 0 aromatic rings. The Hall–Kier alpha value is -1.10. The van der Waals surface area contributed by atoms with Crippen LogP contribution in [0.2, 0.25) is 0 Å². The predicted octanol–water partition coefficient (Wildman–Crippen LogP) is 1.04. The molecule has 3 rings (SSSR count). The molecule has 0 aromatic carbocycles. The monoisotopic (exact) mass is 280 g/mol. The van der Waals surface area contributed by atoms with Gasteiger partial charge in [-0.3, -0.25) is 9.59 Å². The number of carboxylic acids is 1. The molecule has 0 unspecified atom stereocenters. The smallest absolute Gasteiger partial charge is 0.307 e. The Labute approximate surface area is 119 Å². The zero-order chi connectivity index (χ0) is 14.1. The molecule has 5 nitrogen and oxygen atoms in total. The molecule has 1 N–H and O–H groups in total. The van der Waals surface area contributed by atoms with Crippen molar-refractivity contribution in [1.29, 1.82) is 0 Å². The number of amides is 1. The lowest BCUT2D eigenvalue weighted by molar-refractivity contribution is -0.142. The highest BCUT2D eigenvalue weighted by molar-refractivity contribution is 5.89. The summed E-state index contributed by atoms with van der Waals surface area (Å²) in [5.41, 5.74) is 0. The van der Waals surface area contributed by atoms with Crippen molar-refractivity contribution < 1.29 is 14.7 Å².